The zero-order valence-corrected chi connectivity index (χ0v) is 12.6. The van der Waals surface area contributed by atoms with E-state index in [1.54, 1.807) is 0 Å². The van der Waals surface area contributed by atoms with Gasteiger partial charge in [0.05, 0.1) is 0 Å². The minimum absolute atomic E-state index is 0.733. The maximum atomic E-state index is 5.17. The maximum absolute atomic E-state index is 5.17. The van der Waals surface area contributed by atoms with Gasteiger partial charge >= 0.3 is 0 Å². The quantitative estimate of drug-likeness (QED) is 0.751. The molecular weight excluding hydrogens is 254 g/mol. The molecule has 1 aromatic heterocycles. The number of rotatable bonds is 4. The van der Waals surface area contributed by atoms with Crippen molar-refractivity contribution in [1.82, 2.24) is 15.6 Å². The monoisotopic (exact) mass is 275 g/mol. The molecule has 0 fully saturated rings. The van der Waals surface area contributed by atoms with Crippen molar-refractivity contribution >= 4 is 28.2 Å². The summed E-state index contributed by atoms with van der Waals surface area (Å²) in [6, 6.07) is 6.54. The number of hydrogen-bond donors (Lipinski definition) is 3. The zero-order valence-electron chi connectivity index (χ0n) is 11.8. The molecule has 1 aromatic carbocycles. The van der Waals surface area contributed by atoms with E-state index in [2.05, 4.69) is 47.7 Å². The number of nitrogens with one attached hydrogen (secondary N) is 3. The van der Waals surface area contributed by atoms with Crippen LogP contribution >= 0.6 is 12.2 Å². The zero-order chi connectivity index (χ0) is 13.8. The van der Waals surface area contributed by atoms with Gasteiger partial charge in [-0.2, -0.15) is 0 Å². The molecule has 0 radical (unpaired) electrons. The summed E-state index contributed by atoms with van der Waals surface area (Å²) < 4.78 is 0. The number of benzene rings is 1. The lowest BCUT2D eigenvalue weighted by atomic mass is 10.1. The fourth-order valence-corrected chi connectivity index (χ4v) is 2.59. The lowest BCUT2D eigenvalue weighted by Gasteiger charge is -2.08. The summed E-state index contributed by atoms with van der Waals surface area (Å²) in [5.41, 5.74) is 5.14. The molecule has 0 bridgehead atoms. The number of thiocarbonyl (C=S) groups is 1. The first-order valence-corrected chi connectivity index (χ1v) is 7.12. The Labute approximate surface area is 119 Å². The average molecular weight is 275 g/mol. The van der Waals surface area contributed by atoms with Crippen LogP contribution in [0.15, 0.2) is 18.2 Å². The molecule has 0 aliphatic rings. The van der Waals surface area contributed by atoms with Gasteiger partial charge in [-0.15, -0.1) is 0 Å². The fourth-order valence-electron chi connectivity index (χ4n) is 2.34. The highest BCUT2D eigenvalue weighted by molar-refractivity contribution is 7.80. The molecule has 0 aliphatic carbocycles. The molecule has 19 heavy (non-hydrogen) atoms. The SMILES string of the molecule is CCNC(=S)NCCc1c(C)[nH]c2ccc(C)cc12. The maximum Gasteiger partial charge on any atom is 0.166 e. The molecule has 0 amide bonds. The normalized spacial score (nSPS) is 10.7. The van der Waals surface area contributed by atoms with Crippen LogP contribution in [0.2, 0.25) is 0 Å². The van der Waals surface area contributed by atoms with Gasteiger partial charge in [0.25, 0.3) is 0 Å². The second-order valence-electron chi connectivity index (χ2n) is 4.81. The molecule has 1 heterocycles. The van der Waals surface area contributed by atoms with Crippen LogP contribution in [0.25, 0.3) is 10.9 Å². The topological polar surface area (TPSA) is 39.8 Å². The summed E-state index contributed by atoms with van der Waals surface area (Å²) in [7, 11) is 0. The highest BCUT2D eigenvalue weighted by Gasteiger charge is 2.08. The number of H-pyrrole nitrogens is 1. The first-order valence-electron chi connectivity index (χ1n) is 6.71. The molecule has 2 rings (SSSR count). The first kappa shape index (κ1) is 13.9. The molecule has 2 aromatic rings. The van der Waals surface area contributed by atoms with Gasteiger partial charge in [-0.3, -0.25) is 0 Å². The molecule has 3 N–H and O–H groups in total. The number of hydrogen-bond acceptors (Lipinski definition) is 1. The number of aryl methyl sites for hydroxylation is 2. The minimum Gasteiger partial charge on any atom is -0.363 e. The highest BCUT2D eigenvalue weighted by Crippen LogP contribution is 2.23. The molecule has 102 valence electrons. The van der Waals surface area contributed by atoms with E-state index in [-0.39, 0.29) is 0 Å². The van der Waals surface area contributed by atoms with Crippen LogP contribution in [-0.4, -0.2) is 23.2 Å². The van der Waals surface area contributed by atoms with Crippen molar-refractivity contribution in [2.45, 2.75) is 27.2 Å². The van der Waals surface area contributed by atoms with Crippen LogP contribution in [-0.2, 0) is 6.42 Å². The van der Waals surface area contributed by atoms with Gasteiger partial charge in [0.1, 0.15) is 0 Å². The van der Waals surface area contributed by atoms with Gasteiger partial charge in [-0.1, -0.05) is 11.6 Å². The van der Waals surface area contributed by atoms with Crippen molar-refractivity contribution in [1.29, 1.82) is 0 Å². The third-order valence-corrected chi connectivity index (χ3v) is 3.56. The second kappa shape index (κ2) is 6.06. The Balaban J connectivity index is 2.09. The van der Waals surface area contributed by atoms with Crippen molar-refractivity contribution in [3.8, 4) is 0 Å². The van der Waals surface area contributed by atoms with E-state index in [1.165, 1.54) is 27.7 Å². The van der Waals surface area contributed by atoms with Crippen LogP contribution in [0.4, 0.5) is 0 Å². The Hall–Kier alpha value is -1.55. The van der Waals surface area contributed by atoms with E-state index in [9.17, 15) is 0 Å². The molecule has 0 saturated heterocycles. The van der Waals surface area contributed by atoms with E-state index in [4.69, 9.17) is 12.2 Å². The predicted molar refractivity (Wildman–Crippen MR) is 85.8 cm³/mol. The van der Waals surface area contributed by atoms with E-state index < -0.39 is 0 Å². The van der Waals surface area contributed by atoms with Crippen LogP contribution in [0.5, 0.6) is 0 Å². The molecule has 0 unspecified atom stereocenters. The third-order valence-electron chi connectivity index (χ3n) is 3.27. The van der Waals surface area contributed by atoms with Crippen LogP contribution in [0.3, 0.4) is 0 Å². The third kappa shape index (κ3) is 3.26. The largest absolute Gasteiger partial charge is 0.363 e. The predicted octanol–water partition coefficient (Wildman–Crippen LogP) is 2.81. The summed E-state index contributed by atoms with van der Waals surface area (Å²) in [5.74, 6) is 0. The Morgan fingerprint density at radius 2 is 2.05 bits per heavy atom. The van der Waals surface area contributed by atoms with Crippen molar-refractivity contribution < 1.29 is 0 Å². The Morgan fingerprint density at radius 1 is 1.26 bits per heavy atom. The molecular formula is C15H21N3S. The van der Waals surface area contributed by atoms with E-state index in [0.717, 1.165) is 24.6 Å². The average Bonchev–Trinajstić information content (AvgIpc) is 2.66. The molecule has 0 atom stereocenters. The number of aromatic nitrogens is 1. The van der Waals surface area contributed by atoms with Gasteiger partial charge in [0.15, 0.2) is 5.11 Å². The van der Waals surface area contributed by atoms with Crippen LogP contribution < -0.4 is 10.6 Å². The van der Waals surface area contributed by atoms with Crippen molar-refractivity contribution in [2.75, 3.05) is 13.1 Å². The number of fused-ring (bicyclic) bond motifs is 1. The van der Waals surface area contributed by atoms with Crippen molar-refractivity contribution in [3.63, 3.8) is 0 Å². The molecule has 0 aliphatic heterocycles. The van der Waals surface area contributed by atoms with E-state index in [0.29, 0.717) is 0 Å². The summed E-state index contributed by atoms with van der Waals surface area (Å²) in [6.07, 6.45) is 0.973. The lowest BCUT2D eigenvalue weighted by molar-refractivity contribution is 0.828. The van der Waals surface area contributed by atoms with Gasteiger partial charge in [-0.05, 0) is 57.1 Å². The van der Waals surface area contributed by atoms with Gasteiger partial charge in [0, 0.05) is 29.7 Å². The Kier molecular flexibility index (Phi) is 4.43. The summed E-state index contributed by atoms with van der Waals surface area (Å²) in [6.45, 7) is 8.02. The smallest absolute Gasteiger partial charge is 0.166 e. The van der Waals surface area contributed by atoms with Crippen molar-refractivity contribution in [3.05, 3.63) is 35.0 Å². The van der Waals surface area contributed by atoms with E-state index in [1.807, 2.05) is 6.92 Å². The summed E-state index contributed by atoms with van der Waals surface area (Å²) in [5, 5.41) is 8.39. The Bertz CT molecular complexity index is 586. The Morgan fingerprint density at radius 3 is 2.79 bits per heavy atom. The van der Waals surface area contributed by atoms with Gasteiger partial charge in [0.2, 0.25) is 0 Å². The molecule has 4 heteroatoms. The van der Waals surface area contributed by atoms with Crippen LogP contribution in [0.1, 0.15) is 23.7 Å². The lowest BCUT2D eigenvalue weighted by Crippen LogP contribution is -2.36. The fraction of sp³-hybridized carbons (Fsp3) is 0.400. The molecule has 0 saturated carbocycles. The summed E-state index contributed by atoms with van der Waals surface area (Å²) in [4.78, 5) is 3.44. The van der Waals surface area contributed by atoms with E-state index >= 15 is 0 Å². The standard InChI is InChI=1S/C15H21N3S/c1-4-16-15(19)17-8-7-12-11(3)18-14-6-5-10(2)9-13(12)14/h5-6,9,18H,4,7-8H2,1-3H3,(H2,16,17,19). The summed E-state index contributed by atoms with van der Waals surface area (Å²) >= 11 is 5.17. The molecule has 0 spiro atoms. The van der Waals surface area contributed by atoms with Gasteiger partial charge < -0.3 is 15.6 Å². The first-order chi connectivity index (χ1) is 9.11. The number of aromatic amines is 1. The highest BCUT2D eigenvalue weighted by atomic mass is 32.1. The van der Waals surface area contributed by atoms with Crippen LogP contribution in [0, 0.1) is 13.8 Å². The van der Waals surface area contributed by atoms with Gasteiger partial charge in [-0.25, -0.2) is 0 Å². The van der Waals surface area contributed by atoms with Crippen molar-refractivity contribution in [2.24, 2.45) is 0 Å². The second-order valence-corrected chi connectivity index (χ2v) is 5.22. The minimum atomic E-state index is 0.733. The molecule has 3 nitrogen and oxygen atoms in total.